The maximum absolute atomic E-state index is 9.93. The van der Waals surface area contributed by atoms with E-state index in [1.807, 2.05) is 0 Å². The van der Waals surface area contributed by atoms with Crippen LogP contribution in [0.5, 0.6) is 0 Å². The number of aliphatic hydroxyl groups is 7. The average Bonchev–Trinajstić information content (AvgIpc) is 2.87. The normalized spacial score (nSPS) is 46.4. The monoisotopic (exact) mass is 356 g/mol. The van der Waals surface area contributed by atoms with Gasteiger partial charge in [-0.25, -0.2) is 0 Å². The van der Waals surface area contributed by atoms with Crippen LogP contribution >= 0.6 is 0 Å². The first-order chi connectivity index (χ1) is 11.3. The zero-order valence-electron chi connectivity index (χ0n) is 12.8. The second-order valence-corrected chi connectivity index (χ2v) is 5.83. The Morgan fingerprint density at radius 3 is 2.25 bits per heavy atom. The van der Waals surface area contributed by atoms with Gasteiger partial charge in [0.1, 0.15) is 36.1 Å². The van der Waals surface area contributed by atoms with E-state index in [4.69, 9.17) is 29.2 Å². The van der Waals surface area contributed by atoms with E-state index in [-0.39, 0.29) is 26.4 Å². The fourth-order valence-electron chi connectivity index (χ4n) is 2.49. The third-order valence-corrected chi connectivity index (χ3v) is 4.05. The molecular formula is C13H24O11. The molecule has 0 amide bonds. The predicted octanol–water partition coefficient (Wildman–Crippen LogP) is -4.74. The van der Waals surface area contributed by atoms with Crippen LogP contribution in [0.2, 0.25) is 0 Å². The molecule has 142 valence electrons. The lowest BCUT2D eigenvalue weighted by atomic mass is 9.99. The first kappa shape index (κ1) is 19.9. The SMILES string of the molecule is OCCO[C@@H]1O[C@H](CO[C@@H]2OC[C@](O)(CO)[C@H]2O)[C@@H](O)[C@H](O)[C@H]1O. The Kier molecular flexibility index (Phi) is 6.87. The van der Waals surface area contributed by atoms with Crippen molar-refractivity contribution in [3.05, 3.63) is 0 Å². The van der Waals surface area contributed by atoms with Crippen LogP contribution in [0.3, 0.4) is 0 Å². The quantitative estimate of drug-likeness (QED) is 0.233. The standard InChI is InChI=1S/C13H24O11/c14-1-2-21-11-9(18)8(17)7(16)6(24-11)3-22-12-10(19)13(20,4-15)5-23-12/h6-12,14-20H,1-5H2/t6-,7-,8+,9-,10+,11-,12-,13-/m1/s1. The van der Waals surface area contributed by atoms with Crippen molar-refractivity contribution in [1.82, 2.24) is 0 Å². The highest BCUT2D eigenvalue weighted by atomic mass is 16.7. The number of hydrogen-bond donors (Lipinski definition) is 7. The second kappa shape index (κ2) is 8.29. The Hall–Kier alpha value is -0.440. The van der Waals surface area contributed by atoms with Gasteiger partial charge < -0.3 is 54.7 Å². The molecule has 2 heterocycles. The zero-order valence-corrected chi connectivity index (χ0v) is 12.8. The summed E-state index contributed by atoms with van der Waals surface area (Å²) in [6.45, 7) is -1.89. The van der Waals surface area contributed by atoms with Crippen LogP contribution in [0.4, 0.5) is 0 Å². The Bertz CT molecular complexity index is 396. The largest absolute Gasteiger partial charge is 0.394 e. The molecule has 0 aliphatic carbocycles. The van der Waals surface area contributed by atoms with Gasteiger partial charge in [-0.3, -0.25) is 0 Å². The van der Waals surface area contributed by atoms with Crippen molar-refractivity contribution < 1.29 is 54.7 Å². The summed E-state index contributed by atoms with van der Waals surface area (Å²) >= 11 is 0. The Balaban J connectivity index is 1.91. The van der Waals surface area contributed by atoms with E-state index in [2.05, 4.69) is 0 Å². The van der Waals surface area contributed by atoms with Gasteiger partial charge in [-0.2, -0.15) is 0 Å². The van der Waals surface area contributed by atoms with Crippen LogP contribution in [0.1, 0.15) is 0 Å². The third kappa shape index (κ3) is 4.03. The highest BCUT2D eigenvalue weighted by molar-refractivity contribution is 4.94. The molecular weight excluding hydrogens is 332 g/mol. The minimum absolute atomic E-state index is 0.147. The first-order valence-electron chi connectivity index (χ1n) is 7.50. The van der Waals surface area contributed by atoms with E-state index in [0.29, 0.717) is 0 Å². The zero-order chi connectivity index (χ0) is 17.9. The molecule has 8 atom stereocenters. The molecule has 2 rings (SSSR count). The van der Waals surface area contributed by atoms with Gasteiger partial charge in [0.2, 0.25) is 0 Å². The molecule has 0 spiro atoms. The van der Waals surface area contributed by atoms with Gasteiger partial charge in [0.05, 0.1) is 33.0 Å². The predicted molar refractivity (Wildman–Crippen MR) is 73.5 cm³/mol. The van der Waals surface area contributed by atoms with Gasteiger partial charge in [-0.05, 0) is 0 Å². The molecule has 24 heavy (non-hydrogen) atoms. The molecule has 7 N–H and O–H groups in total. The molecule has 11 nitrogen and oxygen atoms in total. The highest BCUT2D eigenvalue weighted by Crippen LogP contribution is 2.27. The first-order valence-corrected chi connectivity index (χ1v) is 7.50. The number of aliphatic hydroxyl groups excluding tert-OH is 6. The smallest absolute Gasteiger partial charge is 0.186 e. The molecule has 2 saturated heterocycles. The van der Waals surface area contributed by atoms with E-state index >= 15 is 0 Å². The lowest BCUT2D eigenvalue weighted by Gasteiger charge is -2.40. The summed E-state index contributed by atoms with van der Waals surface area (Å²) in [6, 6.07) is 0. The van der Waals surface area contributed by atoms with Crippen LogP contribution in [0, 0.1) is 0 Å². The molecule has 0 radical (unpaired) electrons. The summed E-state index contributed by atoms with van der Waals surface area (Å²) in [5.41, 5.74) is -1.85. The molecule has 0 unspecified atom stereocenters. The number of hydrogen-bond acceptors (Lipinski definition) is 11. The fraction of sp³-hybridized carbons (Fsp3) is 1.00. The van der Waals surface area contributed by atoms with Gasteiger partial charge in [0.15, 0.2) is 12.6 Å². The third-order valence-electron chi connectivity index (χ3n) is 4.05. The van der Waals surface area contributed by atoms with E-state index < -0.39 is 55.3 Å². The van der Waals surface area contributed by atoms with E-state index in [1.54, 1.807) is 0 Å². The van der Waals surface area contributed by atoms with Crippen molar-refractivity contribution in [2.75, 3.05) is 33.0 Å². The minimum Gasteiger partial charge on any atom is -0.394 e. The summed E-state index contributed by atoms with van der Waals surface area (Å²) in [5, 5.41) is 67.0. The second-order valence-electron chi connectivity index (χ2n) is 5.83. The van der Waals surface area contributed by atoms with Crippen LogP contribution in [0.25, 0.3) is 0 Å². The summed E-state index contributed by atoms with van der Waals surface area (Å²) in [4.78, 5) is 0. The van der Waals surface area contributed by atoms with Crippen molar-refractivity contribution >= 4 is 0 Å². The van der Waals surface area contributed by atoms with Gasteiger partial charge in [-0.1, -0.05) is 0 Å². The van der Waals surface area contributed by atoms with E-state index in [9.17, 15) is 25.5 Å². The summed E-state index contributed by atoms with van der Waals surface area (Å²) in [6.07, 6.45) is -9.77. The van der Waals surface area contributed by atoms with E-state index in [1.165, 1.54) is 0 Å². The maximum Gasteiger partial charge on any atom is 0.186 e. The van der Waals surface area contributed by atoms with Crippen molar-refractivity contribution in [2.45, 2.75) is 48.7 Å². The van der Waals surface area contributed by atoms with Crippen LogP contribution in [-0.2, 0) is 18.9 Å². The molecule has 2 fully saturated rings. The van der Waals surface area contributed by atoms with Gasteiger partial charge in [0, 0.05) is 0 Å². The van der Waals surface area contributed by atoms with E-state index in [0.717, 1.165) is 0 Å². The molecule has 2 aliphatic rings. The molecule has 0 saturated carbocycles. The average molecular weight is 356 g/mol. The molecule has 0 aromatic carbocycles. The Morgan fingerprint density at radius 1 is 0.958 bits per heavy atom. The molecule has 0 bridgehead atoms. The summed E-state index contributed by atoms with van der Waals surface area (Å²) < 4.78 is 20.6. The van der Waals surface area contributed by atoms with Crippen molar-refractivity contribution in [2.24, 2.45) is 0 Å². The van der Waals surface area contributed by atoms with Gasteiger partial charge >= 0.3 is 0 Å². The summed E-state index contributed by atoms with van der Waals surface area (Å²) in [5.74, 6) is 0. The molecule has 11 heteroatoms. The molecule has 2 aliphatic heterocycles. The van der Waals surface area contributed by atoms with Gasteiger partial charge in [0.25, 0.3) is 0 Å². The lowest BCUT2D eigenvalue weighted by molar-refractivity contribution is -0.310. The summed E-state index contributed by atoms with van der Waals surface area (Å²) in [7, 11) is 0. The van der Waals surface area contributed by atoms with Crippen molar-refractivity contribution in [3.63, 3.8) is 0 Å². The minimum atomic E-state index is -1.85. The van der Waals surface area contributed by atoms with Crippen LogP contribution in [0.15, 0.2) is 0 Å². The molecule has 0 aromatic heterocycles. The Labute approximate surface area is 137 Å². The van der Waals surface area contributed by atoms with Crippen LogP contribution < -0.4 is 0 Å². The van der Waals surface area contributed by atoms with Crippen molar-refractivity contribution in [1.29, 1.82) is 0 Å². The molecule has 0 aromatic rings. The maximum atomic E-state index is 9.93. The van der Waals surface area contributed by atoms with Crippen LogP contribution in [-0.4, -0.2) is 117 Å². The lowest BCUT2D eigenvalue weighted by Crippen LogP contribution is -2.59. The van der Waals surface area contributed by atoms with Gasteiger partial charge in [-0.15, -0.1) is 0 Å². The van der Waals surface area contributed by atoms with Crippen molar-refractivity contribution in [3.8, 4) is 0 Å². The Morgan fingerprint density at radius 2 is 1.67 bits per heavy atom. The fourth-order valence-corrected chi connectivity index (χ4v) is 2.49. The topological polar surface area (TPSA) is 179 Å². The number of rotatable bonds is 7. The number of ether oxygens (including phenoxy) is 4. The highest BCUT2D eigenvalue weighted by Gasteiger charge is 2.50.